The van der Waals surface area contributed by atoms with E-state index >= 15 is 0 Å². The van der Waals surface area contributed by atoms with E-state index in [0.717, 1.165) is 0 Å². The number of rotatable bonds is 3. The van der Waals surface area contributed by atoms with E-state index in [0.29, 0.717) is 13.1 Å². The Morgan fingerprint density at radius 2 is 1.95 bits per heavy atom. The van der Waals surface area contributed by atoms with E-state index in [9.17, 15) is 4.79 Å². The molecule has 1 aliphatic rings. The molecule has 4 nitrogen and oxygen atoms in total. The number of urea groups is 1. The van der Waals surface area contributed by atoms with Gasteiger partial charge in [0.2, 0.25) is 0 Å². The second-order valence-corrected chi connectivity index (χ2v) is 5.53. The number of nitrogens with one attached hydrogen (secondary N) is 1. The van der Waals surface area contributed by atoms with Crippen LogP contribution in [0.25, 0.3) is 0 Å². The molecule has 2 unspecified atom stereocenters. The highest BCUT2D eigenvalue weighted by Gasteiger charge is 2.32. The first-order chi connectivity index (χ1) is 8.93. The van der Waals surface area contributed by atoms with Crippen LogP contribution in [-0.4, -0.2) is 30.1 Å². The van der Waals surface area contributed by atoms with E-state index in [2.05, 4.69) is 38.2 Å². The molecule has 1 aliphatic heterocycles. The van der Waals surface area contributed by atoms with Crippen molar-refractivity contribution in [3.05, 3.63) is 34.4 Å². The number of carbonyl (C=O) groups excluding carboxylic acids is 1. The molecule has 1 aromatic carbocycles. The van der Waals surface area contributed by atoms with Crippen LogP contribution in [0.5, 0.6) is 0 Å². The van der Waals surface area contributed by atoms with Crippen molar-refractivity contribution in [3.63, 3.8) is 0 Å². The molecule has 2 rings (SSSR count). The minimum Gasteiger partial charge on any atom is -0.329 e. The van der Waals surface area contributed by atoms with E-state index < -0.39 is 0 Å². The second-order valence-electron chi connectivity index (χ2n) is 5.53. The van der Waals surface area contributed by atoms with Gasteiger partial charge in [0, 0.05) is 19.1 Å². The lowest BCUT2D eigenvalue weighted by Gasteiger charge is -2.22. The number of hydrogen-bond donors (Lipinski definition) is 2. The third kappa shape index (κ3) is 2.59. The quantitative estimate of drug-likeness (QED) is 0.874. The van der Waals surface area contributed by atoms with Crippen molar-refractivity contribution in [2.24, 2.45) is 5.73 Å². The van der Waals surface area contributed by atoms with Crippen molar-refractivity contribution in [3.8, 4) is 0 Å². The molecule has 3 N–H and O–H groups in total. The maximum absolute atomic E-state index is 12.0. The highest BCUT2D eigenvalue weighted by molar-refractivity contribution is 5.77. The maximum Gasteiger partial charge on any atom is 0.318 e. The van der Waals surface area contributed by atoms with Crippen LogP contribution >= 0.6 is 0 Å². The van der Waals surface area contributed by atoms with Crippen LogP contribution < -0.4 is 11.1 Å². The third-order valence-corrected chi connectivity index (χ3v) is 4.07. The highest BCUT2D eigenvalue weighted by atomic mass is 16.2. The average molecular weight is 261 g/mol. The summed E-state index contributed by atoms with van der Waals surface area (Å²) in [4.78, 5) is 13.8. The van der Waals surface area contributed by atoms with Crippen LogP contribution in [0.1, 0.15) is 35.2 Å². The lowest BCUT2D eigenvalue weighted by atomic mass is 9.96. The monoisotopic (exact) mass is 261 g/mol. The molecule has 0 aromatic heterocycles. The third-order valence-electron chi connectivity index (χ3n) is 4.07. The topological polar surface area (TPSA) is 58.4 Å². The summed E-state index contributed by atoms with van der Waals surface area (Å²) in [7, 11) is 0. The van der Waals surface area contributed by atoms with Crippen molar-refractivity contribution >= 4 is 6.03 Å². The van der Waals surface area contributed by atoms with Gasteiger partial charge < -0.3 is 16.0 Å². The van der Waals surface area contributed by atoms with Gasteiger partial charge in [-0.15, -0.1) is 0 Å². The molecule has 0 radical (unpaired) electrons. The zero-order valence-electron chi connectivity index (χ0n) is 12.2. The summed E-state index contributed by atoms with van der Waals surface area (Å²) in [6.07, 6.45) is 0. The average Bonchev–Trinajstić information content (AvgIpc) is 2.75. The lowest BCUT2D eigenvalue weighted by Crippen LogP contribution is -2.40. The molecule has 1 fully saturated rings. The molecule has 2 atom stereocenters. The maximum atomic E-state index is 12.0. The van der Waals surface area contributed by atoms with Gasteiger partial charge in [-0.2, -0.15) is 0 Å². The summed E-state index contributed by atoms with van der Waals surface area (Å²) in [5.41, 5.74) is 10.6. The Hall–Kier alpha value is -1.55. The van der Waals surface area contributed by atoms with Gasteiger partial charge in [-0.25, -0.2) is 4.79 Å². The van der Waals surface area contributed by atoms with Gasteiger partial charge in [0.1, 0.15) is 0 Å². The number of carbonyl (C=O) groups is 1. The van der Waals surface area contributed by atoms with Crippen LogP contribution in [0.15, 0.2) is 12.1 Å². The first-order valence-electron chi connectivity index (χ1n) is 6.79. The van der Waals surface area contributed by atoms with Crippen LogP contribution in [0.4, 0.5) is 4.79 Å². The predicted molar refractivity (Wildman–Crippen MR) is 77.1 cm³/mol. The predicted octanol–water partition coefficient (Wildman–Crippen LogP) is 2.03. The zero-order chi connectivity index (χ0) is 14.2. The van der Waals surface area contributed by atoms with E-state index in [1.54, 1.807) is 0 Å². The summed E-state index contributed by atoms with van der Waals surface area (Å²) in [6.45, 7) is 9.49. The minimum absolute atomic E-state index is 0.0134. The van der Waals surface area contributed by atoms with Gasteiger partial charge in [-0.05, 0) is 49.9 Å². The smallest absolute Gasteiger partial charge is 0.318 e. The molecule has 1 heterocycles. The molecule has 0 bridgehead atoms. The lowest BCUT2D eigenvalue weighted by molar-refractivity contribution is 0.203. The zero-order valence-corrected chi connectivity index (χ0v) is 12.2. The molecule has 1 saturated heterocycles. The van der Waals surface area contributed by atoms with Crippen molar-refractivity contribution in [1.82, 2.24) is 10.2 Å². The summed E-state index contributed by atoms with van der Waals surface area (Å²) in [5.74, 6) is 0. The molecule has 104 valence electrons. The van der Waals surface area contributed by atoms with Crippen LogP contribution in [-0.2, 0) is 0 Å². The fraction of sp³-hybridized carbons (Fsp3) is 0.533. The Bertz CT molecular complexity index is 498. The largest absolute Gasteiger partial charge is 0.329 e. The number of aryl methyl sites for hydroxylation is 3. The van der Waals surface area contributed by atoms with Gasteiger partial charge in [-0.1, -0.05) is 12.1 Å². The molecule has 19 heavy (non-hydrogen) atoms. The van der Waals surface area contributed by atoms with Crippen LogP contribution in [0.2, 0.25) is 0 Å². The Morgan fingerprint density at radius 1 is 1.32 bits per heavy atom. The van der Waals surface area contributed by atoms with E-state index in [1.165, 1.54) is 22.3 Å². The molecule has 2 amide bonds. The summed E-state index contributed by atoms with van der Waals surface area (Å²) in [5, 5.41) is 3.05. The van der Waals surface area contributed by atoms with Gasteiger partial charge >= 0.3 is 6.03 Å². The fourth-order valence-corrected chi connectivity index (χ4v) is 2.60. The molecule has 0 aliphatic carbocycles. The first-order valence-corrected chi connectivity index (χ1v) is 6.79. The number of nitrogens with zero attached hydrogens (tertiary/aromatic N) is 1. The number of benzene rings is 1. The van der Waals surface area contributed by atoms with E-state index in [4.69, 9.17) is 5.73 Å². The second kappa shape index (κ2) is 5.21. The number of hydrogen-bond acceptors (Lipinski definition) is 2. The van der Waals surface area contributed by atoms with Crippen molar-refractivity contribution in [1.29, 1.82) is 0 Å². The van der Waals surface area contributed by atoms with Gasteiger partial charge in [-0.3, -0.25) is 0 Å². The number of amides is 2. The molecule has 4 heteroatoms. The molecule has 1 aromatic rings. The standard InChI is InChI=1S/C15H23N3O/c1-9-5-11(3)13(6-10(9)2)14-8-18(12(4)7-16)15(19)17-14/h5-6,12,14H,7-8,16H2,1-4H3,(H,17,19). The SMILES string of the molecule is Cc1cc(C)c(C2CN(C(C)CN)C(=O)N2)cc1C. The minimum atomic E-state index is -0.0134. The Kier molecular flexibility index (Phi) is 3.80. The summed E-state index contributed by atoms with van der Waals surface area (Å²) >= 11 is 0. The fourth-order valence-electron chi connectivity index (χ4n) is 2.60. The summed E-state index contributed by atoms with van der Waals surface area (Å²) in [6, 6.07) is 4.51. The molecule has 0 spiro atoms. The van der Waals surface area contributed by atoms with Gasteiger partial charge in [0.25, 0.3) is 0 Å². The Morgan fingerprint density at radius 3 is 2.58 bits per heavy atom. The Labute approximate surface area is 115 Å². The normalized spacial score (nSPS) is 20.6. The Balaban J connectivity index is 2.25. The van der Waals surface area contributed by atoms with Crippen LogP contribution in [0, 0.1) is 20.8 Å². The van der Waals surface area contributed by atoms with E-state index in [-0.39, 0.29) is 18.1 Å². The highest BCUT2D eigenvalue weighted by Crippen LogP contribution is 2.26. The van der Waals surface area contributed by atoms with Crippen molar-refractivity contribution in [2.75, 3.05) is 13.1 Å². The van der Waals surface area contributed by atoms with Gasteiger partial charge in [0.05, 0.1) is 6.04 Å². The number of nitrogens with two attached hydrogens (primary N) is 1. The summed E-state index contributed by atoms with van der Waals surface area (Å²) < 4.78 is 0. The van der Waals surface area contributed by atoms with Crippen LogP contribution in [0.3, 0.4) is 0 Å². The molecular weight excluding hydrogens is 238 g/mol. The van der Waals surface area contributed by atoms with Gasteiger partial charge in [0.15, 0.2) is 0 Å². The molecular formula is C15H23N3O. The van der Waals surface area contributed by atoms with Crippen molar-refractivity contribution < 1.29 is 4.79 Å². The van der Waals surface area contributed by atoms with Crippen molar-refractivity contribution in [2.45, 2.75) is 39.8 Å². The first kappa shape index (κ1) is 13.9. The molecule has 0 saturated carbocycles. The van der Waals surface area contributed by atoms with E-state index in [1.807, 2.05) is 11.8 Å².